The molecular weight excluding hydrogens is 264 g/mol. The lowest BCUT2D eigenvalue weighted by Crippen LogP contribution is -2.48. The quantitative estimate of drug-likeness (QED) is 0.906. The first-order chi connectivity index (χ1) is 10.1. The van der Waals surface area contributed by atoms with E-state index in [2.05, 4.69) is 12.2 Å². The van der Waals surface area contributed by atoms with Crippen LogP contribution in [0.4, 0.5) is 5.69 Å². The number of nitrogens with one attached hydrogen (secondary N) is 1. The van der Waals surface area contributed by atoms with Gasteiger partial charge < -0.3 is 15.0 Å². The van der Waals surface area contributed by atoms with Gasteiger partial charge in [-0.05, 0) is 56.6 Å². The summed E-state index contributed by atoms with van der Waals surface area (Å²) in [5, 5.41) is 3.36. The van der Waals surface area contributed by atoms with E-state index in [1.54, 1.807) is 12.0 Å². The third-order valence-corrected chi connectivity index (χ3v) is 4.51. The van der Waals surface area contributed by atoms with Crippen molar-refractivity contribution >= 4 is 11.6 Å². The Labute approximate surface area is 127 Å². The van der Waals surface area contributed by atoms with Crippen LogP contribution < -0.4 is 15.0 Å². The maximum Gasteiger partial charge on any atom is 0.233 e. The predicted molar refractivity (Wildman–Crippen MR) is 85.8 cm³/mol. The summed E-state index contributed by atoms with van der Waals surface area (Å²) in [5.74, 6) is 1.06. The van der Waals surface area contributed by atoms with Crippen LogP contribution in [0.1, 0.15) is 32.6 Å². The van der Waals surface area contributed by atoms with Crippen LogP contribution in [0, 0.1) is 5.41 Å². The van der Waals surface area contributed by atoms with Crippen molar-refractivity contribution in [2.45, 2.75) is 32.6 Å². The highest BCUT2D eigenvalue weighted by atomic mass is 16.5. The van der Waals surface area contributed by atoms with Crippen molar-refractivity contribution < 1.29 is 9.53 Å². The molecule has 1 aliphatic rings. The molecule has 1 N–H and O–H groups in total. The van der Waals surface area contributed by atoms with Gasteiger partial charge in [-0.2, -0.15) is 0 Å². The Morgan fingerprint density at radius 1 is 1.29 bits per heavy atom. The molecule has 0 unspecified atom stereocenters. The van der Waals surface area contributed by atoms with Crippen molar-refractivity contribution in [1.82, 2.24) is 5.32 Å². The number of methoxy groups -OCH3 is 1. The van der Waals surface area contributed by atoms with Crippen LogP contribution in [-0.2, 0) is 4.79 Å². The minimum Gasteiger partial charge on any atom is -0.497 e. The molecule has 1 aromatic carbocycles. The Kier molecular flexibility index (Phi) is 5.23. The van der Waals surface area contributed by atoms with E-state index in [9.17, 15) is 4.79 Å². The summed E-state index contributed by atoms with van der Waals surface area (Å²) in [6.45, 7) is 4.02. The molecule has 21 heavy (non-hydrogen) atoms. The molecule has 0 aliphatic carbocycles. The number of carbonyl (C=O) groups excluding carboxylic acids is 1. The first-order valence-electron chi connectivity index (χ1n) is 7.76. The minimum atomic E-state index is -0.200. The third-order valence-electron chi connectivity index (χ3n) is 4.51. The van der Waals surface area contributed by atoms with E-state index in [0.29, 0.717) is 0 Å². The molecule has 1 aliphatic heterocycles. The molecule has 0 atom stereocenters. The number of amides is 1. The maximum absolute atomic E-state index is 13.0. The van der Waals surface area contributed by atoms with Crippen LogP contribution in [0.2, 0.25) is 0 Å². The topological polar surface area (TPSA) is 41.6 Å². The van der Waals surface area contributed by atoms with Crippen molar-refractivity contribution in [3.63, 3.8) is 0 Å². The number of anilines is 1. The van der Waals surface area contributed by atoms with Crippen LogP contribution >= 0.6 is 0 Å². The molecule has 2 rings (SSSR count). The van der Waals surface area contributed by atoms with Gasteiger partial charge in [0.05, 0.1) is 12.5 Å². The summed E-state index contributed by atoms with van der Waals surface area (Å²) in [7, 11) is 3.53. The van der Waals surface area contributed by atoms with Gasteiger partial charge in [-0.25, -0.2) is 0 Å². The van der Waals surface area contributed by atoms with Crippen molar-refractivity contribution in [1.29, 1.82) is 0 Å². The van der Waals surface area contributed by atoms with Gasteiger partial charge in [-0.1, -0.05) is 13.3 Å². The van der Waals surface area contributed by atoms with Gasteiger partial charge in [0.2, 0.25) is 5.91 Å². The molecule has 1 heterocycles. The summed E-state index contributed by atoms with van der Waals surface area (Å²) in [6, 6.07) is 7.68. The van der Waals surface area contributed by atoms with Crippen LogP contribution in [0.15, 0.2) is 24.3 Å². The fraction of sp³-hybridized carbons (Fsp3) is 0.588. The zero-order valence-electron chi connectivity index (χ0n) is 13.3. The van der Waals surface area contributed by atoms with E-state index in [-0.39, 0.29) is 11.3 Å². The van der Waals surface area contributed by atoms with Gasteiger partial charge >= 0.3 is 0 Å². The van der Waals surface area contributed by atoms with Gasteiger partial charge in [0.15, 0.2) is 0 Å². The second kappa shape index (κ2) is 6.94. The van der Waals surface area contributed by atoms with E-state index in [1.165, 1.54) is 0 Å². The average Bonchev–Trinajstić information content (AvgIpc) is 2.54. The Bertz CT molecular complexity index is 459. The molecular formula is C17H26N2O2. The van der Waals surface area contributed by atoms with Crippen molar-refractivity contribution in [3.8, 4) is 5.75 Å². The number of nitrogens with zero attached hydrogens (tertiary/aromatic N) is 1. The molecule has 0 radical (unpaired) electrons. The first-order valence-corrected chi connectivity index (χ1v) is 7.76. The van der Waals surface area contributed by atoms with Gasteiger partial charge in [-0.3, -0.25) is 4.79 Å². The molecule has 4 heteroatoms. The Balaban J connectivity index is 2.18. The lowest BCUT2D eigenvalue weighted by Gasteiger charge is -2.39. The van der Waals surface area contributed by atoms with Crippen molar-refractivity contribution in [3.05, 3.63) is 24.3 Å². The molecule has 1 amide bonds. The number of benzene rings is 1. The first kappa shape index (κ1) is 15.8. The second-order valence-electron chi connectivity index (χ2n) is 5.84. The Morgan fingerprint density at radius 2 is 1.90 bits per heavy atom. The minimum absolute atomic E-state index is 0.200. The van der Waals surface area contributed by atoms with Crippen molar-refractivity contribution in [2.24, 2.45) is 5.41 Å². The fourth-order valence-corrected chi connectivity index (χ4v) is 3.23. The largest absolute Gasteiger partial charge is 0.497 e. The maximum atomic E-state index is 13.0. The van der Waals surface area contributed by atoms with E-state index < -0.39 is 0 Å². The lowest BCUT2D eigenvalue weighted by atomic mass is 9.74. The summed E-state index contributed by atoms with van der Waals surface area (Å²) in [4.78, 5) is 14.8. The molecule has 4 nitrogen and oxygen atoms in total. The van der Waals surface area contributed by atoms with Crippen LogP contribution in [0.5, 0.6) is 5.75 Å². The van der Waals surface area contributed by atoms with E-state index in [1.807, 2.05) is 31.3 Å². The lowest BCUT2D eigenvalue weighted by molar-refractivity contribution is -0.130. The smallest absolute Gasteiger partial charge is 0.233 e. The van der Waals surface area contributed by atoms with Gasteiger partial charge in [-0.15, -0.1) is 0 Å². The van der Waals surface area contributed by atoms with Crippen LogP contribution in [-0.4, -0.2) is 33.2 Å². The van der Waals surface area contributed by atoms with Crippen molar-refractivity contribution in [2.75, 3.05) is 32.1 Å². The number of ether oxygens (including phenoxy) is 1. The highest BCUT2D eigenvalue weighted by Gasteiger charge is 2.40. The highest BCUT2D eigenvalue weighted by Crippen LogP contribution is 2.37. The van der Waals surface area contributed by atoms with E-state index in [0.717, 1.165) is 50.2 Å². The summed E-state index contributed by atoms with van der Waals surface area (Å²) >= 11 is 0. The molecule has 116 valence electrons. The molecule has 1 fully saturated rings. The zero-order chi connectivity index (χ0) is 15.3. The monoisotopic (exact) mass is 290 g/mol. The second-order valence-corrected chi connectivity index (χ2v) is 5.84. The molecule has 0 spiro atoms. The average molecular weight is 290 g/mol. The van der Waals surface area contributed by atoms with Crippen LogP contribution in [0.3, 0.4) is 0 Å². The van der Waals surface area contributed by atoms with E-state index in [4.69, 9.17) is 4.74 Å². The number of piperidine rings is 1. The number of rotatable bonds is 5. The fourth-order valence-electron chi connectivity index (χ4n) is 3.23. The molecule has 0 saturated carbocycles. The standard InChI is InChI=1S/C17H26N2O2/c1-4-9-17(10-12-18-13-11-17)16(20)19(2)14-5-7-15(21-3)8-6-14/h5-8,18H,4,9-13H2,1-3H3. The SMILES string of the molecule is CCCC1(C(=O)N(C)c2ccc(OC)cc2)CCNCC1. The van der Waals surface area contributed by atoms with Gasteiger partial charge in [0, 0.05) is 12.7 Å². The predicted octanol–water partition coefficient (Wildman–Crippen LogP) is 2.83. The molecule has 0 aromatic heterocycles. The number of hydrogen-bond acceptors (Lipinski definition) is 3. The number of carbonyl (C=O) groups is 1. The summed E-state index contributed by atoms with van der Waals surface area (Å²) in [5.41, 5.74) is 0.726. The molecule has 1 aromatic rings. The van der Waals surface area contributed by atoms with Gasteiger partial charge in [0.25, 0.3) is 0 Å². The van der Waals surface area contributed by atoms with Gasteiger partial charge in [0.1, 0.15) is 5.75 Å². The normalized spacial score (nSPS) is 17.3. The van der Waals surface area contributed by atoms with E-state index >= 15 is 0 Å². The number of hydrogen-bond donors (Lipinski definition) is 1. The highest BCUT2D eigenvalue weighted by molar-refractivity contribution is 5.97. The zero-order valence-corrected chi connectivity index (χ0v) is 13.3. The summed E-state index contributed by atoms with van der Waals surface area (Å²) < 4.78 is 5.17. The molecule has 0 bridgehead atoms. The Hall–Kier alpha value is -1.55. The Morgan fingerprint density at radius 3 is 2.43 bits per heavy atom. The van der Waals surface area contributed by atoms with Crippen LogP contribution in [0.25, 0.3) is 0 Å². The molecule has 1 saturated heterocycles. The third kappa shape index (κ3) is 3.38. The summed E-state index contributed by atoms with van der Waals surface area (Å²) in [6.07, 6.45) is 3.87.